The van der Waals surface area contributed by atoms with Crippen molar-refractivity contribution in [1.29, 1.82) is 0 Å². The van der Waals surface area contributed by atoms with E-state index in [4.69, 9.17) is 18.9 Å². The molecule has 4 heteroatoms. The molecule has 4 rings (SSSR count). The summed E-state index contributed by atoms with van der Waals surface area (Å²) in [4.78, 5) is 0. The van der Waals surface area contributed by atoms with Gasteiger partial charge in [-0.15, -0.1) is 0 Å². The highest BCUT2D eigenvalue weighted by atomic mass is 16.7. The largest absolute Gasteiger partial charge is 0.490 e. The summed E-state index contributed by atoms with van der Waals surface area (Å²) in [6.07, 6.45) is 4.79. The van der Waals surface area contributed by atoms with Crippen LogP contribution >= 0.6 is 0 Å². The van der Waals surface area contributed by atoms with Gasteiger partial charge in [-0.1, -0.05) is 49.1 Å². The van der Waals surface area contributed by atoms with E-state index in [-0.39, 0.29) is 17.8 Å². The van der Waals surface area contributed by atoms with E-state index in [0.717, 1.165) is 43.1 Å². The van der Waals surface area contributed by atoms with Crippen LogP contribution in [0.15, 0.2) is 85.5 Å². The van der Waals surface area contributed by atoms with Crippen LogP contribution in [0.1, 0.15) is 62.6 Å². The molecule has 0 radical (unpaired) electrons. The summed E-state index contributed by atoms with van der Waals surface area (Å²) < 4.78 is 23.5. The van der Waals surface area contributed by atoms with E-state index in [2.05, 4.69) is 63.7 Å². The number of rotatable bonds is 9. The first-order valence-corrected chi connectivity index (χ1v) is 12.4. The van der Waals surface area contributed by atoms with Gasteiger partial charge >= 0.3 is 0 Å². The van der Waals surface area contributed by atoms with Gasteiger partial charge in [-0.25, -0.2) is 0 Å². The summed E-state index contributed by atoms with van der Waals surface area (Å²) in [5.74, 6) is 2.59. The normalized spacial score (nSPS) is 16.8. The number of hydrogen-bond acceptors (Lipinski definition) is 4. The van der Waals surface area contributed by atoms with Crippen molar-refractivity contribution in [3.63, 3.8) is 0 Å². The van der Waals surface area contributed by atoms with Gasteiger partial charge in [-0.05, 0) is 86.7 Å². The third-order valence-corrected chi connectivity index (χ3v) is 5.84. The van der Waals surface area contributed by atoms with Crippen molar-refractivity contribution in [1.82, 2.24) is 0 Å². The summed E-state index contributed by atoms with van der Waals surface area (Å²) >= 11 is 0. The molecule has 0 saturated carbocycles. The van der Waals surface area contributed by atoms with E-state index < -0.39 is 0 Å². The Balaban J connectivity index is 1.60. The highest BCUT2D eigenvalue weighted by Crippen LogP contribution is 2.35. The van der Waals surface area contributed by atoms with Crippen LogP contribution in [-0.2, 0) is 4.74 Å². The first-order chi connectivity index (χ1) is 16.9. The molecule has 35 heavy (non-hydrogen) atoms. The van der Waals surface area contributed by atoms with Gasteiger partial charge in [0.25, 0.3) is 0 Å². The van der Waals surface area contributed by atoms with Crippen LogP contribution < -0.4 is 14.2 Å². The zero-order valence-corrected chi connectivity index (χ0v) is 21.0. The van der Waals surface area contributed by atoms with Gasteiger partial charge in [0.05, 0.1) is 6.61 Å². The van der Waals surface area contributed by atoms with Gasteiger partial charge in [-0.3, -0.25) is 0 Å². The lowest BCUT2D eigenvalue weighted by molar-refractivity contribution is -0.105. The fourth-order valence-corrected chi connectivity index (χ4v) is 4.27. The van der Waals surface area contributed by atoms with Crippen LogP contribution in [0.2, 0.25) is 0 Å². The van der Waals surface area contributed by atoms with E-state index in [9.17, 15) is 0 Å². The molecule has 1 aliphatic heterocycles. The van der Waals surface area contributed by atoms with Crippen LogP contribution in [0.25, 0.3) is 0 Å². The maximum absolute atomic E-state index is 6.05. The van der Waals surface area contributed by atoms with E-state index in [0.29, 0.717) is 6.61 Å². The van der Waals surface area contributed by atoms with Crippen LogP contribution in [0.4, 0.5) is 0 Å². The molecule has 3 aromatic carbocycles. The van der Waals surface area contributed by atoms with Gasteiger partial charge in [0, 0.05) is 12.3 Å². The molecule has 1 saturated heterocycles. The smallest absolute Gasteiger partial charge is 0.199 e. The Kier molecular flexibility index (Phi) is 8.14. The molecule has 0 bridgehead atoms. The van der Waals surface area contributed by atoms with Crippen LogP contribution in [-0.4, -0.2) is 25.1 Å². The highest BCUT2D eigenvalue weighted by Gasteiger charge is 2.20. The third kappa shape index (κ3) is 7.12. The molecule has 0 aromatic heterocycles. The van der Waals surface area contributed by atoms with E-state index in [1.54, 1.807) is 6.08 Å². The van der Waals surface area contributed by atoms with Gasteiger partial charge in [0.2, 0.25) is 0 Å². The first kappa shape index (κ1) is 24.9. The minimum atomic E-state index is -0.236. The maximum Gasteiger partial charge on any atom is 0.199 e. The standard InChI is InChI=1S/C31H36O4/c1-5-21-32-26-15-9-23(10-16-26)30(25-13-19-28(20-14-25)35-31(2,3)4)24-11-17-27(18-12-24)34-29-8-6-7-22-33-29/h5,9-20,29-30H,1,6-8,21-22H2,2-4H3. The lowest BCUT2D eigenvalue weighted by Gasteiger charge is -2.24. The zero-order chi connectivity index (χ0) is 24.7. The quantitative estimate of drug-likeness (QED) is 0.238. The predicted molar refractivity (Wildman–Crippen MR) is 141 cm³/mol. The Bertz CT molecular complexity index is 1060. The number of ether oxygens (including phenoxy) is 4. The first-order valence-electron chi connectivity index (χ1n) is 12.4. The zero-order valence-electron chi connectivity index (χ0n) is 21.0. The van der Waals surface area contributed by atoms with Crippen LogP contribution in [0.5, 0.6) is 17.2 Å². The fraction of sp³-hybridized carbons (Fsp3) is 0.355. The Morgan fingerprint density at radius 1 is 0.829 bits per heavy atom. The van der Waals surface area contributed by atoms with E-state index in [1.165, 1.54) is 16.7 Å². The Morgan fingerprint density at radius 2 is 1.37 bits per heavy atom. The van der Waals surface area contributed by atoms with Gasteiger partial charge in [0.15, 0.2) is 6.29 Å². The minimum absolute atomic E-state index is 0.0621. The molecular formula is C31H36O4. The van der Waals surface area contributed by atoms with Crippen molar-refractivity contribution in [2.75, 3.05) is 13.2 Å². The van der Waals surface area contributed by atoms with E-state index in [1.807, 2.05) is 36.4 Å². The van der Waals surface area contributed by atoms with Crippen molar-refractivity contribution < 1.29 is 18.9 Å². The molecule has 1 aliphatic rings. The molecule has 2 unspecified atom stereocenters. The van der Waals surface area contributed by atoms with Gasteiger partial charge in [0.1, 0.15) is 29.5 Å². The van der Waals surface area contributed by atoms with Crippen molar-refractivity contribution >= 4 is 0 Å². The molecule has 2 atom stereocenters. The molecule has 3 aromatic rings. The van der Waals surface area contributed by atoms with Crippen LogP contribution in [0.3, 0.4) is 0 Å². The van der Waals surface area contributed by atoms with Crippen molar-refractivity contribution in [3.05, 3.63) is 102 Å². The van der Waals surface area contributed by atoms with Crippen LogP contribution in [0, 0.1) is 0 Å². The molecule has 4 nitrogen and oxygen atoms in total. The second-order valence-corrected chi connectivity index (χ2v) is 9.87. The third-order valence-electron chi connectivity index (χ3n) is 5.84. The summed E-state index contributed by atoms with van der Waals surface area (Å²) in [6.45, 7) is 11.2. The molecular weight excluding hydrogens is 436 g/mol. The molecule has 0 N–H and O–H groups in total. The second-order valence-electron chi connectivity index (χ2n) is 9.87. The fourth-order valence-electron chi connectivity index (χ4n) is 4.27. The number of hydrogen-bond donors (Lipinski definition) is 0. The molecule has 184 valence electrons. The Hall–Kier alpha value is -3.24. The molecule has 0 amide bonds. The molecule has 0 spiro atoms. The number of benzene rings is 3. The molecule has 1 fully saturated rings. The summed E-state index contributed by atoms with van der Waals surface area (Å²) in [6, 6.07) is 25.0. The van der Waals surface area contributed by atoms with Crippen molar-refractivity contribution in [2.45, 2.75) is 57.8 Å². The average molecular weight is 473 g/mol. The van der Waals surface area contributed by atoms with Gasteiger partial charge in [-0.2, -0.15) is 0 Å². The average Bonchev–Trinajstić information content (AvgIpc) is 2.85. The Morgan fingerprint density at radius 3 is 1.86 bits per heavy atom. The monoisotopic (exact) mass is 472 g/mol. The predicted octanol–water partition coefficient (Wildman–Crippen LogP) is 7.51. The summed E-state index contributed by atoms with van der Waals surface area (Å²) in [5.41, 5.74) is 3.33. The minimum Gasteiger partial charge on any atom is -0.490 e. The lowest BCUT2D eigenvalue weighted by atomic mass is 9.85. The molecule has 1 heterocycles. The van der Waals surface area contributed by atoms with E-state index >= 15 is 0 Å². The topological polar surface area (TPSA) is 36.9 Å². The maximum atomic E-state index is 6.05. The second kappa shape index (κ2) is 11.5. The Labute approximate surface area is 209 Å². The lowest BCUT2D eigenvalue weighted by Crippen LogP contribution is -2.24. The summed E-state index contributed by atoms with van der Waals surface area (Å²) in [5, 5.41) is 0. The summed E-state index contributed by atoms with van der Waals surface area (Å²) in [7, 11) is 0. The molecule has 0 aliphatic carbocycles. The van der Waals surface area contributed by atoms with Crippen molar-refractivity contribution in [2.24, 2.45) is 0 Å². The SMILES string of the molecule is C=CCOc1ccc(C(c2ccc(OC3CCCCO3)cc2)c2ccc(OC(C)(C)C)cc2)cc1. The van der Waals surface area contributed by atoms with Gasteiger partial charge < -0.3 is 18.9 Å². The van der Waals surface area contributed by atoms with Crippen molar-refractivity contribution in [3.8, 4) is 17.2 Å². The highest BCUT2D eigenvalue weighted by molar-refractivity contribution is 5.47.